The first-order valence-corrected chi connectivity index (χ1v) is 22.5. The van der Waals surface area contributed by atoms with Gasteiger partial charge in [-0.05, 0) is 90.6 Å². The number of nitro benzene ring substituents is 1. The number of ether oxygens (including phenoxy) is 5. The zero-order chi connectivity index (χ0) is 46.5. The zero-order valence-electron chi connectivity index (χ0n) is 37.2. The predicted octanol–water partition coefficient (Wildman–Crippen LogP) is 9.65. The Morgan fingerprint density at radius 1 is 0.955 bits per heavy atom. The minimum atomic E-state index is -1.60. The van der Waals surface area contributed by atoms with E-state index in [0.717, 1.165) is 29.5 Å². The number of nitro groups is 1. The number of oxime groups is 1. The molecule has 1 saturated carbocycles. The van der Waals surface area contributed by atoms with E-state index in [2.05, 4.69) is 17.8 Å². The van der Waals surface area contributed by atoms with Crippen molar-refractivity contribution in [2.24, 2.45) is 22.9 Å². The van der Waals surface area contributed by atoms with Crippen LogP contribution in [0.15, 0.2) is 127 Å². The quantitative estimate of drug-likeness (QED) is 0.0314. The molecule has 0 radical (unpaired) electrons. The van der Waals surface area contributed by atoms with Gasteiger partial charge in [0.1, 0.15) is 42.8 Å². The van der Waals surface area contributed by atoms with Gasteiger partial charge >= 0.3 is 6.09 Å². The molecule has 0 aromatic heterocycles. The van der Waals surface area contributed by atoms with Crippen molar-refractivity contribution in [1.82, 2.24) is 4.90 Å². The van der Waals surface area contributed by atoms with Crippen LogP contribution in [0.3, 0.4) is 0 Å². The molecule has 3 aliphatic rings. The molecular weight excluding hydrogens is 850 g/mol. The maximum absolute atomic E-state index is 14.8. The fourth-order valence-electron chi connectivity index (χ4n) is 9.74. The number of fused-ring (bicyclic) bond motifs is 2. The highest BCUT2D eigenvalue weighted by atomic mass is 19.1. The molecule has 66 heavy (non-hydrogen) atoms. The summed E-state index contributed by atoms with van der Waals surface area (Å²) >= 11 is 0. The third kappa shape index (κ3) is 11.1. The highest BCUT2D eigenvalue weighted by molar-refractivity contribution is 6.03. The second kappa shape index (κ2) is 22.9. The summed E-state index contributed by atoms with van der Waals surface area (Å²) in [6.07, 6.45) is 7.40. The average molecular weight is 908 g/mol. The number of aliphatic hydroxyl groups excluding tert-OH is 2. The minimum absolute atomic E-state index is 0.0134. The number of amides is 1. The summed E-state index contributed by atoms with van der Waals surface area (Å²) in [7, 11) is 1.47. The van der Waals surface area contributed by atoms with Gasteiger partial charge in [-0.1, -0.05) is 78.7 Å². The van der Waals surface area contributed by atoms with E-state index < -0.39 is 34.6 Å². The summed E-state index contributed by atoms with van der Waals surface area (Å²) in [6.45, 7) is 4.49. The Morgan fingerprint density at radius 2 is 1.71 bits per heavy atom. The molecule has 7 rings (SSSR count). The second-order valence-electron chi connectivity index (χ2n) is 16.7. The number of unbranched alkanes of at least 4 members (excludes halogenated alkanes) is 2. The van der Waals surface area contributed by atoms with Crippen molar-refractivity contribution in [3.63, 3.8) is 0 Å². The third-order valence-corrected chi connectivity index (χ3v) is 12.6. The number of hydrogen-bond acceptors (Lipinski definition) is 12. The van der Waals surface area contributed by atoms with Crippen molar-refractivity contribution >= 4 is 17.5 Å². The lowest BCUT2D eigenvalue weighted by Crippen LogP contribution is -2.70. The van der Waals surface area contributed by atoms with Crippen LogP contribution in [0.2, 0.25) is 0 Å². The lowest BCUT2D eigenvalue weighted by molar-refractivity contribution is -0.384. The molecule has 350 valence electrons. The van der Waals surface area contributed by atoms with E-state index >= 15 is 0 Å². The Hall–Kier alpha value is -6.13. The number of allylic oxidation sites excluding steroid dienone is 1. The van der Waals surface area contributed by atoms with Gasteiger partial charge in [-0.15, -0.1) is 6.58 Å². The van der Waals surface area contributed by atoms with Crippen molar-refractivity contribution in [1.29, 1.82) is 0 Å². The van der Waals surface area contributed by atoms with Gasteiger partial charge in [0.25, 0.3) is 5.69 Å². The van der Waals surface area contributed by atoms with E-state index in [0.29, 0.717) is 55.1 Å². The Balaban J connectivity index is 1.36. The molecule has 4 aromatic carbocycles. The van der Waals surface area contributed by atoms with Crippen LogP contribution < -0.4 is 9.47 Å². The number of benzene rings is 4. The van der Waals surface area contributed by atoms with Crippen LogP contribution in [0.1, 0.15) is 67.6 Å². The van der Waals surface area contributed by atoms with Gasteiger partial charge in [0.05, 0.1) is 42.4 Å². The van der Waals surface area contributed by atoms with Crippen molar-refractivity contribution in [3.8, 4) is 17.2 Å². The molecule has 0 bridgehead atoms. The predicted molar refractivity (Wildman–Crippen MR) is 245 cm³/mol. The first kappa shape index (κ1) is 47.8. The molecular formula is C51H58FN3O11. The van der Waals surface area contributed by atoms with E-state index in [1.54, 1.807) is 47.4 Å². The fourth-order valence-corrected chi connectivity index (χ4v) is 9.74. The summed E-state index contributed by atoms with van der Waals surface area (Å²) in [5, 5.41) is 36.1. The van der Waals surface area contributed by atoms with Gasteiger partial charge in [0.2, 0.25) is 5.79 Å². The normalized spacial score (nSPS) is 22.3. The van der Waals surface area contributed by atoms with Gasteiger partial charge in [0, 0.05) is 43.7 Å². The minimum Gasteiger partial charge on any atom is -0.459 e. The van der Waals surface area contributed by atoms with E-state index in [1.165, 1.54) is 31.4 Å². The number of aliphatic hydroxyl groups is 2. The van der Waals surface area contributed by atoms with Crippen LogP contribution in [-0.2, 0) is 32.2 Å². The van der Waals surface area contributed by atoms with Crippen molar-refractivity contribution in [2.75, 3.05) is 40.1 Å². The molecule has 1 fully saturated rings. The highest BCUT2D eigenvalue weighted by Crippen LogP contribution is 2.62. The monoisotopic (exact) mass is 907 g/mol. The van der Waals surface area contributed by atoms with E-state index in [-0.39, 0.29) is 75.2 Å². The van der Waals surface area contributed by atoms with Gasteiger partial charge in [-0.3, -0.25) is 15.0 Å². The summed E-state index contributed by atoms with van der Waals surface area (Å²) < 4.78 is 46.8. The van der Waals surface area contributed by atoms with E-state index in [4.69, 9.17) is 28.5 Å². The lowest BCUT2D eigenvalue weighted by Gasteiger charge is -2.59. The lowest BCUT2D eigenvalue weighted by atomic mass is 9.55. The molecule has 0 saturated heterocycles. The SMILES string of the molecule is C=CCO[C@@]12Oc3ccc(Oc4cccc([N+](=O)[O-])c4)cc3[C@H]3[C@H](CCCCO)[C@@H](CCCCO)C=C(C(=NOC)C[C@@H]1N(Cc1ccc(F)cc1)C(=O)OCCOCc1ccccc1)[C@H]32. The van der Waals surface area contributed by atoms with Crippen molar-refractivity contribution < 1.29 is 52.8 Å². The van der Waals surface area contributed by atoms with Crippen LogP contribution in [0.4, 0.5) is 14.9 Å². The van der Waals surface area contributed by atoms with Crippen LogP contribution in [0, 0.1) is 33.7 Å². The maximum Gasteiger partial charge on any atom is 0.410 e. The largest absolute Gasteiger partial charge is 0.459 e. The van der Waals surface area contributed by atoms with Crippen LogP contribution in [0.25, 0.3) is 0 Å². The fraction of sp³-hybridized carbons (Fsp3) is 0.412. The number of carbonyl (C=O) groups is 1. The molecule has 1 aliphatic heterocycles. The first-order valence-electron chi connectivity index (χ1n) is 22.5. The molecule has 0 spiro atoms. The summed E-state index contributed by atoms with van der Waals surface area (Å²) in [5.74, 6) is -1.93. The van der Waals surface area contributed by atoms with Gasteiger partial charge < -0.3 is 38.7 Å². The summed E-state index contributed by atoms with van der Waals surface area (Å²) in [4.78, 5) is 33.1. The maximum atomic E-state index is 14.8. The summed E-state index contributed by atoms with van der Waals surface area (Å²) in [5.41, 5.74) is 3.70. The number of nitrogens with zero attached hydrogens (tertiary/aromatic N) is 3. The topological polar surface area (TPSA) is 172 Å². The standard InChI is InChI=1S/C51H58FN3O11/c1-3-26-64-51-47(54(33-35-18-20-38(52)21-19-35)50(58)63-28-27-62-34-36-12-5-4-6-13-36)32-45(53-61-2)43-29-37(14-7-9-24-56)42(17-8-10-25-57)48(49(43)51)44-31-41(22-23-46(44)66-51)65-40-16-11-15-39(30-40)55(59)60/h3-6,11-13,15-16,18-23,29-31,37,42,47-49,56-57H,1,7-10,14,17,24-28,32-34H2,2H3/t37-,42+,47-,48+,49+,51+/m0/s1. The van der Waals surface area contributed by atoms with Crippen molar-refractivity contribution in [3.05, 3.63) is 154 Å². The smallest absolute Gasteiger partial charge is 0.410 e. The Bertz CT molecular complexity index is 2330. The molecule has 6 atom stereocenters. The number of non-ortho nitro benzene ring substituents is 1. The highest BCUT2D eigenvalue weighted by Gasteiger charge is 2.65. The van der Waals surface area contributed by atoms with Gasteiger partial charge in [-0.2, -0.15) is 0 Å². The number of rotatable bonds is 23. The molecule has 14 nitrogen and oxygen atoms in total. The van der Waals surface area contributed by atoms with Crippen LogP contribution in [-0.4, -0.2) is 83.8 Å². The Morgan fingerprint density at radius 3 is 2.44 bits per heavy atom. The Kier molecular flexibility index (Phi) is 16.6. The molecule has 4 aromatic rings. The number of hydrogen-bond donors (Lipinski definition) is 2. The van der Waals surface area contributed by atoms with Crippen LogP contribution >= 0.6 is 0 Å². The van der Waals surface area contributed by atoms with Crippen LogP contribution in [0.5, 0.6) is 17.2 Å². The number of halogens is 1. The molecule has 1 amide bonds. The third-order valence-electron chi connectivity index (χ3n) is 12.6. The first-order chi connectivity index (χ1) is 32.2. The molecule has 2 N–H and O–H groups in total. The van der Waals surface area contributed by atoms with E-state index in [1.807, 2.05) is 36.4 Å². The molecule has 1 heterocycles. The van der Waals surface area contributed by atoms with E-state index in [9.17, 15) is 29.5 Å². The summed E-state index contributed by atoms with van der Waals surface area (Å²) in [6, 6.07) is 26.1. The average Bonchev–Trinajstić information content (AvgIpc) is 3.32. The molecule has 2 aliphatic carbocycles. The zero-order valence-corrected chi connectivity index (χ0v) is 37.2. The number of carbonyl (C=O) groups excluding carboxylic acids is 1. The second-order valence-corrected chi connectivity index (χ2v) is 16.7. The Labute approximate surface area is 384 Å². The molecule has 15 heteroatoms. The van der Waals surface area contributed by atoms with Crippen molar-refractivity contribution in [2.45, 2.75) is 75.8 Å². The van der Waals surface area contributed by atoms with Gasteiger partial charge in [0.15, 0.2) is 0 Å². The van der Waals surface area contributed by atoms with Gasteiger partial charge in [-0.25, -0.2) is 9.18 Å². The molecule has 0 unspecified atom stereocenters.